The Balaban J connectivity index is 1.89. The van der Waals surface area contributed by atoms with Gasteiger partial charge in [-0.3, -0.25) is 13.9 Å². The molecule has 7 heteroatoms. The van der Waals surface area contributed by atoms with Crippen LogP contribution >= 0.6 is 0 Å². The third-order valence-corrected chi connectivity index (χ3v) is 5.59. The van der Waals surface area contributed by atoms with Gasteiger partial charge in [-0.25, -0.2) is 0 Å². The molecule has 3 rings (SSSR count). The molecule has 0 radical (unpaired) electrons. The fourth-order valence-electron chi connectivity index (χ4n) is 3.90. The van der Waals surface area contributed by atoms with Gasteiger partial charge in [0.2, 0.25) is 0 Å². The number of hydrogen-bond acceptors (Lipinski definition) is 6. The van der Waals surface area contributed by atoms with Crippen LogP contribution in [-0.2, 0) is 36.9 Å². The summed E-state index contributed by atoms with van der Waals surface area (Å²) in [4.78, 5) is 13.7. The molecular formula is C22H27NO5S. The second kappa shape index (κ2) is 9.52. The van der Waals surface area contributed by atoms with Crippen molar-refractivity contribution in [3.8, 4) is 0 Å². The van der Waals surface area contributed by atoms with E-state index in [-0.39, 0.29) is 6.04 Å². The molecule has 0 saturated heterocycles. The zero-order valence-electron chi connectivity index (χ0n) is 16.7. The number of carbonyl (C=O) groups excluding carboxylic acids is 1. The molecule has 6 nitrogen and oxygen atoms in total. The molecule has 1 aliphatic carbocycles. The quantitative estimate of drug-likeness (QED) is 0.485. The molecule has 156 valence electrons. The normalized spacial score (nSPS) is 22.0. The van der Waals surface area contributed by atoms with Gasteiger partial charge < -0.3 is 4.74 Å². The predicted octanol–water partition coefficient (Wildman–Crippen LogP) is 3.13. The molecule has 29 heavy (non-hydrogen) atoms. The van der Waals surface area contributed by atoms with E-state index in [2.05, 4.69) is 4.90 Å². The lowest BCUT2D eigenvalue weighted by Gasteiger charge is -2.33. The minimum Gasteiger partial charge on any atom is -0.460 e. The SMILES string of the molecule is CC(=O)O[C@H]1CC[C@H](N(Cc2ccccc2)Cc2ccccc2)[C@@H]1OS(C)(=O)=O. The van der Waals surface area contributed by atoms with Gasteiger partial charge in [0.25, 0.3) is 10.1 Å². The van der Waals surface area contributed by atoms with E-state index in [1.807, 2.05) is 60.7 Å². The fourth-order valence-corrected chi connectivity index (χ4v) is 4.55. The molecule has 0 bridgehead atoms. The van der Waals surface area contributed by atoms with E-state index in [1.54, 1.807) is 0 Å². The van der Waals surface area contributed by atoms with Crippen molar-refractivity contribution in [2.45, 2.75) is 51.1 Å². The van der Waals surface area contributed by atoms with Crippen LogP contribution in [0.25, 0.3) is 0 Å². The molecule has 2 aromatic rings. The number of ether oxygens (including phenoxy) is 1. The number of hydrogen-bond donors (Lipinski definition) is 0. The van der Waals surface area contributed by atoms with Crippen LogP contribution in [0.1, 0.15) is 30.9 Å². The van der Waals surface area contributed by atoms with Crippen molar-refractivity contribution < 1.29 is 22.1 Å². The number of benzene rings is 2. The summed E-state index contributed by atoms with van der Waals surface area (Å²) in [6.45, 7) is 2.60. The van der Waals surface area contributed by atoms with E-state index in [4.69, 9.17) is 8.92 Å². The lowest BCUT2D eigenvalue weighted by Crippen LogP contribution is -2.45. The number of nitrogens with zero attached hydrogens (tertiary/aromatic N) is 1. The van der Waals surface area contributed by atoms with Gasteiger partial charge >= 0.3 is 5.97 Å². The number of carbonyl (C=O) groups is 1. The van der Waals surface area contributed by atoms with Crippen LogP contribution in [0.3, 0.4) is 0 Å². The average Bonchev–Trinajstić information content (AvgIpc) is 3.03. The van der Waals surface area contributed by atoms with Gasteiger partial charge in [0, 0.05) is 26.1 Å². The second-order valence-electron chi connectivity index (χ2n) is 7.43. The molecule has 0 spiro atoms. The Morgan fingerprint density at radius 1 is 0.966 bits per heavy atom. The largest absolute Gasteiger partial charge is 0.460 e. The topological polar surface area (TPSA) is 72.9 Å². The molecule has 0 unspecified atom stereocenters. The minimum atomic E-state index is -3.71. The van der Waals surface area contributed by atoms with Gasteiger partial charge in [-0.15, -0.1) is 0 Å². The summed E-state index contributed by atoms with van der Waals surface area (Å²) in [5, 5.41) is 0. The van der Waals surface area contributed by atoms with Crippen molar-refractivity contribution in [3.63, 3.8) is 0 Å². The average molecular weight is 418 g/mol. The lowest BCUT2D eigenvalue weighted by atomic mass is 10.1. The summed E-state index contributed by atoms with van der Waals surface area (Å²) < 4.78 is 34.7. The van der Waals surface area contributed by atoms with Crippen molar-refractivity contribution >= 4 is 16.1 Å². The van der Waals surface area contributed by atoms with Gasteiger partial charge in [-0.1, -0.05) is 60.7 Å². The Labute approximate surface area is 172 Å². The highest BCUT2D eigenvalue weighted by atomic mass is 32.2. The van der Waals surface area contributed by atoms with Crippen LogP contribution in [0, 0.1) is 0 Å². The summed E-state index contributed by atoms with van der Waals surface area (Å²) in [5.41, 5.74) is 2.25. The zero-order chi connectivity index (χ0) is 20.9. The highest BCUT2D eigenvalue weighted by Gasteiger charge is 2.44. The molecule has 1 fully saturated rings. The summed E-state index contributed by atoms with van der Waals surface area (Å²) in [5.74, 6) is -0.435. The first-order valence-electron chi connectivity index (χ1n) is 9.69. The molecule has 0 heterocycles. The molecule has 1 aliphatic rings. The summed E-state index contributed by atoms with van der Waals surface area (Å²) in [7, 11) is -3.71. The Morgan fingerprint density at radius 2 is 1.48 bits per heavy atom. The maximum absolute atomic E-state index is 11.9. The highest BCUT2D eigenvalue weighted by Crippen LogP contribution is 2.32. The van der Waals surface area contributed by atoms with Crippen LogP contribution in [0.4, 0.5) is 0 Å². The van der Waals surface area contributed by atoms with Gasteiger partial charge in [0.05, 0.1) is 6.26 Å². The van der Waals surface area contributed by atoms with E-state index >= 15 is 0 Å². The first-order chi connectivity index (χ1) is 13.8. The van der Waals surface area contributed by atoms with Crippen molar-refractivity contribution in [3.05, 3.63) is 71.8 Å². The van der Waals surface area contributed by atoms with Crippen LogP contribution in [-0.4, -0.2) is 43.8 Å². The molecule has 1 saturated carbocycles. The van der Waals surface area contributed by atoms with Gasteiger partial charge in [0.15, 0.2) is 0 Å². The van der Waals surface area contributed by atoms with Crippen molar-refractivity contribution in [1.82, 2.24) is 4.90 Å². The van der Waals surface area contributed by atoms with Crippen molar-refractivity contribution in [2.75, 3.05) is 6.26 Å². The van der Waals surface area contributed by atoms with Crippen molar-refractivity contribution in [2.24, 2.45) is 0 Å². The first kappa shape index (κ1) is 21.5. The monoisotopic (exact) mass is 417 g/mol. The van der Waals surface area contributed by atoms with Gasteiger partial charge in [-0.05, 0) is 24.0 Å². The van der Waals surface area contributed by atoms with Gasteiger partial charge in [0.1, 0.15) is 12.2 Å². The van der Waals surface area contributed by atoms with Crippen LogP contribution in [0.2, 0.25) is 0 Å². The minimum absolute atomic E-state index is 0.200. The molecule has 3 atom stereocenters. The smallest absolute Gasteiger partial charge is 0.302 e. The molecule has 0 N–H and O–H groups in total. The first-order valence-corrected chi connectivity index (χ1v) is 11.5. The van der Waals surface area contributed by atoms with E-state index in [9.17, 15) is 13.2 Å². The highest BCUT2D eigenvalue weighted by molar-refractivity contribution is 7.86. The second-order valence-corrected chi connectivity index (χ2v) is 9.03. The molecule has 2 aromatic carbocycles. The fraction of sp³-hybridized carbons (Fsp3) is 0.409. The molecular weight excluding hydrogens is 390 g/mol. The molecule has 0 amide bonds. The Kier molecular flexibility index (Phi) is 7.05. The van der Waals surface area contributed by atoms with Crippen LogP contribution < -0.4 is 0 Å². The Hall–Kier alpha value is -2.22. The maximum atomic E-state index is 11.9. The van der Waals surface area contributed by atoms with E-state index < -0.39 is 28.3 Å². The van der Waals surface area contributed by atoms with Crippen LogP contribution in [0.15, 0.2) is 60.7 Å². The lowest BCUT2D eigenvalue weighted by molar-refractivity contribution is -0.150. The summed E-state index contributed by atoms with van der Waals surface area (Å²) in [6.07, 6.45) is 0.955. The third-order valence-electron chi connectivity index (χ3n) is 5.02. The van der Waals surface area contributed by atoms with Crippen molar-refractivity contribution in [1.29, 1.82) is 0 Å². The predicted molar refractivity (Wildman–Crippen MR) is 110 cm³/mol. The summed E-state index contributed by atoms with van der Waals surface area (Å²) in [6, 6.07) is 19.8. The maximum Gasteiger partial charge on any atom is 0.302 e. The van der Waals surface area contributed by atoms with E-state index in [0.717, 1.165) is 17.4 Å². The Morgan fingerprint density at radius 3 is 1.93 bits per heavy atom. The molecule has 0 aromatic heterocycles. The summed E-state index contributed by atoms with van der Waals surface area (Å²) >= 11 is 0. The third kappa shape index (κ3) is 6.39. The number of rotatable bonds is 8. The van der Waals surface area contributed by atoms with E-state index in [1.165, 1.54) is 6.92 Å². The van der Waals surface area contributed by atoms with Gasteiger partial charge in [-0.2, -0.15) is 8.42 Å². The standard InChI is InChI=1S/C22H27NO5S/c1-17(24)27-21-14-13-20(22(21)28-29(2,25)26)23(15-18-9-5-3-6-10-18)16-19-11-7-4-8-12-19/h3-12,20-22H,13-16H2,1-2H3/t20-,21-,22-/m0/s1. The number of esters is 1. The van der Waals surface area contributed by atoms with E-state index in [0.29, 0.717) is 25.9 Å². The zero-order valence-corrected chi connectivity index (χ0v) is 17.5. The van der Waals surface area contributed by atoms with Crippen LogP contribution in [0.5, 0.6) is 0 Å². The molecule has 0 aliphatic heterocycles. The Bertz CT molecular complexity index is 860.